The maximum Gasteiger partial charge on any atom is 0.323 e. The third-order valence-electron chi connectivity index (χ3n) is 4.31. The first-order valence-electron chi connectivity index (χ1n) is 8.20. The number of carbonyl (C=O) groups is 2. The van der Waals surface area contributed by atoms with Crippen molar-refractivity contribution >= 4 is 39.9 Å². The molecular weight excluding hydrogens is 334 g/mol. The van der Waals surface area contributed by atoms with Crippen LogP contribution in [0.5, 0.6) is 0 Å². The van der Waals surface area contributed by atoms with Crippen molar-refractivity contribution in [3.8, 4) is 0 Å². The van der Waals surface area contributed by atoms with Crippen LogP contribution in [0.15, 0.2) is 47.3 Å². The van der Waals surface area contributed by atoms with E-state index in [1.54, 1.807) is 37.3 Å². The Hall–Kier alpha value is -3.55. The van der Waals surface area contributed by atoms with Crippen molar-refractivity contribution < 1.29 is 9.59 Å². The summed E-state index contributed by atoms with van der Waals surface area (Å²) < 4.78 is 0. The van der Waals surface area contributed by atoms with Crippen LogP contribution in [0.1, 0.15) is 6.92 Å². The zero-order chi connectivity index (χ0) is 18.3. The lowest BCUT2D eigenvalue weighted by Gasteiger charge is -2.31. The Labute approximate surface area is 148 Å². The number of anilines is 3. The number of carbonyl (C=O) groups excluding carboxylic acids is 2. The van der Waals surface area contributed by atoms with Gasteiger partial charge in [-0.25, -0.2) is 4.79 Å². The standard InChI is InChI=1S/C18H17N5O3/c1-10(19-11-6-7-12-14(8-11)22-18(26)21-12)17(25)23-9-16(24)20-13-4-2-3-5-15(13)23/h2-8,10,19H,9H2,1H3,(H,20,24)(H2,21,22,26). The lowest BCUT2D eigenvalue weighted by atomic mass is 10.1. The number of H-pyrrole nitrogens is 2. The second-order valence-electron chi connectivity index (χ2n) is 6.20. The highest BCUT2D eigenvalue weighted by Crippen LogP contribution is 2.29. The molecule has 0 bridgehead atoms. The third kappa shape index (κ3) is 2.81. The molecule has 0 saturated carbocycles. The lowest BCUT2D eigenvalue weighted by Crippen LogP contribution is -2.47. The van der Waals surface area contributed by atoms with E-state index in [4.69, 9.17) is 0 Å². The number of imidazole rings is 1. The van der Waals surface area contributed by atoms with Crippen molar-refractivity contribution in [2.45, 2.75) is 13.0 Å². The van der Waals surface area contributed by atoms with Crippen molar-refractivity contribution in [3.05, 3.63) is 52.9 Å². The lowest BCUT2D eigenvalue weighted by molar-refractivity contribution is -0.122. The molecule has 4 rings (SSSR count). The topological polar surface area (TPSA) is 110 Å². The van der Waals surface area contributed by atoms with Crippen LogP contribution in [0, 0.1) is 0 Å². The summed E-state index contributed by atoms with van der Waals surface area (Å²) in [7, 11) is 0. The van der Waals surface area contributed by atoms with Crippen LogP contribution in [0.3, 0.4) is 0 Å². The smallest absolute Gasteiger partial charge is 0.323 e. The monoisotopic (exact) mass is 351 g/mol. The van der Waals surface area contributed by atoms with E-state index >= 15 is 0 Å². The molecule has 8 nitrogen and oxygen atoms in total. The molecule has 2 heterocycles. The van der Waals surface area contributed by atoms with Gasteiger partial charge >= 0.3 is 5.69 Å². The van der Waals surface area contributed by atoms with Crippen LogP contribution in [0.2, 0.25) is 0 Å². The number of hydrogen-bond donors (Lipinski definition) is 4. The van der Waals surface area contributed by atoms with Crippen molar-refractivity contribution in [3.63, 3.8) is 0 Å². The number of hydrogen-bond acceptors (Lipinski definition) is 4. The van der Waals surface area contributed by atoms with E-state index in [-0.39, 0.29) is 24.0 Å². The van der Waals surface area contributed by atoms with Crippen molar-refractivity contribution in [1.82, 2.24) is 9.97 Å². The second-order valence-corrected chi connectivity index (χ2v) is 6.20. The van der Waals surface area contributed by atoms with Gasteiger partial charge in [-0.2, -0.15) is 0 Å². The van der Waals surface area contributed by atoms with Crippen LogP contribution < -0.4 is 21.2 Å². The Balaban J connectivity index is 1.57. The van der Waals surface area contributed by atoms with Crippen molar-refractivity contribution in [2.24, 2.45) is 0 Å². The van der Waals surface area contributed by atoms with Crippen molar-refractivity contribution in [2.75, 3.05) is 22.1 Å². The third-order valence-corrected chi connectivity index (χ3v) is 4.31. The van der Waals surface area contributed by atoms with Gasteiger partial charge in [0.25, 0.3) is 0 Å². The summed E-state index contributed by atoms with van der Waals surface area (Å²) in [5.41, 5.74) is 3.07. The highest BCUT2D eigenvalue weighted by molar-refractivity contribution is 6.11. The molecule has 4 N–H and O–H groups in total. The van der Waals surface area contributed by atoms with Crippen LogP contribution in [-0.2, 0) is 9.59 Å². The summed E-state index contributed by atoms with van der Waals surface area (Å²) in [6.07, 6.45) is 0. The van der Waals surface area contributed by atoms with Gasteiger partial charge in [-0.1, -0.05) is 12.1 Å². The molecule has 0 aliphatic carbocycles. The summed E-state index contributed by atoms with van der Waals surface area (Å²) in [6.45, 7) is 1.72. The number of nitrogens with zero attached hydrogens (tertiary/aromatic N) is 1. The first kappa shape index (κ1) is 15.9. The number of benzene rings is 2. The largest absolute Gasteiger partial charge is 0.374 e. The molecule has 1 atom stereocenters. The molecule has 3 aromatic rings. The second kappa shape index (κ2) is 6.07. The Morgan fingerprint density at radius 3 is 2.73 bits per heavy atom. The minimum Gasteiger partial charge on any atom is -0.374 e. The molecule has 1 unspecified atom stereocenters. The number of para-hydroxylation sites is 2. The van der Waals surface area contributed by atoms with Crippen LogP contribution >= 0.6 is 0 Å². The fourth-order valence-electron chi connectivity index (χ4n) is 3.10. The van der Waals surface area contributed by atoms with Crippen LogP contribution in [-0.4, -0.2) is 34.4 Å². The summed E-state index contributed by atoms with van der Waals surface area (Å²) in [5, 5.41) is 5.89. The molecular formula is C18H17N5O3. The summed E-state index contributed by atoms with van der Waals surface area (Å²) in [6, 6.07) is 11.9. The van der Waals surface area contributed by atoms with E-state index in [2.05, 4.69) is 20.6 Å². The molecule has 0 fully saturated rings. The quantitative estimate of drug-likeness (QED) is 0.575. The maximum absolute atomic E-state index is 12.9. The predicted octanol–water partition coefficient (Wildman–Crippen LogP) is 1.64. The Bertz CT molecular complexity index is 1070. The van der Waals surface area contributed by atoms with Gasteiger partial charge < -0.3 is 20.6 Å². The number of amides is 2. The maximum atomic E-state index is 12.9. The van der Waals surface area contributed by atoms with Gasteiger partial charge in [0.15, 0.2) is 0 Å². The van der Waals surface area contributed by atoms with Gasteiger partial charge in [-0.15, -0.1) is 0 Å². The zero-order valence-electron chi connectivity index (χ0n) is 14.0. The molecule has 0 radical (unpaired) electrons. The average molecular weight is 351 g/mol. The number of aromatic amines is 2. The van der Waals surface area contributed by atoms with Gasteiger partial charge in [0.05, 0.1) is 22.4 Å². The highest BCUT2D eigenvalue weighted by atomic mass is 16.2. The Kier molecular flexibility index (Phi) is 3.72. The zero-order valence-corrected chi connectivity index (χ0v) is 14.0. The first-order chi connectivity index (χ1) is 12.5. The molecule has 1 aliphatic rings. The molecule has 1 aromatic heterocycles. The number of fused-ring (bicyclic) bond motifs is 2. The molecule has 26 heavy (non-hydrogen) atoms. The number of rotatable bonds is 3. The van der Waals surface area contributed by atoms with E-state index in [1.165, 1.54) is 4.90 Å². The fraction of sp³-hybridized carbons (Fsp3) is 0.167. The normalized spacial score (nSPS) is 14.7. The molecule has 132 valence electrons. The Morgan fingerprint density at radius 1 is 1.12 bits per heavy atom. The van der Waals surface area contributed by atoms with E-state index in [0.29, 0.717) is 28.1 Å². The minimum atomic E-state index is -0.558. The van der Waals surface area contributed by atoms with E-state index < -0.39 is 6.04 Å². The summed E-state index contributed by atoms with van der Waals surface area (Å²) in [5.74, 6) is -0.439. The average Bonchev–Trinajstić information content (AvgIpc) is 2.99. The van der Waals surface area contributed by atoms with Gasteiger partial charge in [-0.3, -0.25) is 14.5 Å². The number of aromatic nitrogens is 2. The summed E-state index contributed by atoms with van der Waals surface area (Å²) in [4.78, 5) is 43.0. The summed E-state index contributed by atoms with van der Waals surface area (Å²) >= 11 is 0. The van der Waals surface area contributed by atoms with E-state index in [9.17, 15) is 14.4 Å². The van der Waals surface area contributed by atoms with Gasteiger partial charge in [0, 0.05) is 5.69 Å². The molecule has 0 saturated heterocycles. The van der Waals surface area contributed by atoms with Gasteiger partial charge in [-0.05, 0) is 37.3 Å². The SMILES string of the molecule is CC(Nc1ccc2[nH]c(=O)[nH]c2c1)C(=O)N1CC(=O)Nc2ccccc21. The fourth-order valence-corrected chi connectivity index (χ4v) is 3.10. The van der Waals surface area contributed by atoms with Crippen LogP contribution in [0.25, 0.3) is 11.0 Å². The van der Waals surface area contributed by atoms with Crippen molar-refractivity contribution in [1.29, 1.82) is 0 Å². The molecule has 1 aliphatic heterocycles. The first-order valence-corrected chi connectivity index (χ1v) is 8.20. The van der Waals surface area contributed by atoms with Crippen LogP contribution in [0.4, 0.5) is 17.1 Å². The van der Waals surface area contributed by atoms with Gasteiger partial charge in [0.1, 0.15) is 12.6 Å². The van der Waals surface area contributed by atoms with Gasteiger partial charge in [0.2, 0.25) is 11.8 Å². The molecule has 8 heteroatoms. The molecule has 2 aromatic carbocycles. The predicted molar refractivity (Wildman–Crippen MR) is 99.4 cm³/mol. The Morgan fingerprint density at radius 2 is 1.88 bits per heavy atom. The van der Waals surface area contributed by atoms with E-state index in [1.807, 2.05) is 12.1 Å². The minimum absolute atomic E-state index is 0.0218. The highest BCUT2D eigenvalue weighted by Gasteiger charge is 2.29. The number of nitrogens with one attached hydrogen (secondary N) is 4. The molecule has 0 spiro atoms. The van der Waals surface area contributed by atoms with E-state index in [0.717, 1.165) is 0 Å². The molecule has 2 amide bonds.